The van der Waals surface area contributed by atoms with E-state index in [2.05, 4.69) is 5.32 Å². The fraction of sp³-hybridized carbons (Fsp3) is 0.0769. The number of nitro benzene ring substituents is 1. The number of nitrogens with one attached hydrogen (secondary N) is 1. The third kappa shape index (κ3) is 2.57. The normalized spacial score (nSPS) is 10.1. The molecule has 0 aliphatic carbocycles. The molecule has 0 aromatic heterocycles. The van der Waals surface area contributed by atoms with Crippen molar-refractivity contribution in [2.45, 2.75) is 6.92 Å². The molecule has 0 atom stereocenters. The van der Waals surface area contributed by atoms with Gasteiger partial charge in [-0.15, -0.1) is 0 Å². The highest BCUT2D eigenvalue weighted by Gasteiger charge is 2.07. The molecule has 5 heteroatoms. The molecule has 2 rings (SSSR count). The largest absolute Gasteiger partial charge is 0.399 e. The smallest absolute Gasteiger partial charge is 0.269 e. The van der Waals surface area contributed by atoms with Crippen LogP contribution in [-0.4, -0.2) is 4.92 Å². The van der Waals surface area contributed by atoms with Crippen LogP contribution in [0.15, 0.2) is 42.5 Å². The number of rotatable bonds is 3. The van der Waals surface area contributed by atoms with Gasteiger partial charge in [0.1, 0.15) is 0 Å². The van der Waals surface area contributed by atoms with Gasteiger partial charge < -0.3 is 11.1 Å². The molecule has 92 valence electrons. The molecule has 0 spiro atoms. The summed E-state index contributed by atoms with van der Waals surface area (Å²) >= 11 is 0. The molecular formula is C13H13N3O2. The molecule has 0 radical (unpaired) electrons. The quantitative estimate of drug-likeness (QED) is 0.492. The van der Waals surface area contributed by atoms with Crippen LogP contribution in [0.5, 0.6) is 0 Å². The van der Waals surface area contributed by atoms with Crippen molar-refractivity contribution in [1.29, 1.82) is 0 Å². The highest BCUT2D eigenvalue weighted by atomic mass is 16.6. The number of hydrogen-bond acceptors (Lipinski definition) is 4. The van der Waals surface area contributed by atoms with Gasteiger partial charge >= 0.3 is 0 Å². The summed E-state index contributed by atoms with van der Waals surface area (Å²) in [4.78, 5) is 10.2. The van der Waals surface area contributed by atoms with Crippen molar-refractivity contribution in [2.75, 3.05) is 11.1 Å². The first-order chi connectivity index (χ1) is 8.56. The van der Waals surface area contributed by atoms with E-state index in [9.17, 15) is 10.1 Å². The molecule has 0 heterocycles. The van der Waals surface area contributed by atoms with Crippen LogP contribution >= 0.6 is 0 Å². The predicted molar refractivity (Wildman–Crippen MR) is 72.0 cm³/mol. The molecule has 2 aromatic carbocycles. The van der Waals surface area contributed by atoms with Crippen molar-refractivity contribution in [2.24, 2.45) is 0 Å². The van der Waals surface area contributed by atoms with Crippen LogP contribution in [-0.2, 0) is 0 Å². The number of non-ortho nitro benzene ring substituents is 1. The predicted octanol–water partition coefficient (Wildman–Crippen LogP) is 3.23. The van der Waals surface area contributed by atoms with Gasteiger partial charge in [0, 0.05) is 29.2 Å². The number of hydrogen-bond donors (Lipinski definition) is 2. The summed E-state index contributed by atoms with van der Waals surface area (Å²) < 4.78 is 0. The van der Waals surface area contributed by atoms with Crippen molar-refractivity contribution in [3.05, 3.63) is 58.1 Å². The molecule has 0 saturated heterocycles. The van der Waals surface area contributed by atoms with E-state index in [-0.39, 0.29) is 5.69 Å². The standard InChI is InChI=1S/C13H13N3O2/c1-9-8-12(16(17)18)6-7-13(9)15-11-4-2-10(14)3-5-11/h2-8,15H,14H2,1H3. The Hall–Kier alpha value is -2.56. The topological polar surface area (TPSA) is 81.2 Å². The van der Waals surface area contributed by atoms with Gasteiger partial charge in [-0.05, 0) is 42.8 Å². The Morgan fingerprint density at radius 3 is 2.39 bits per heavy atom. The van der Waals surface area contributed by atoms with E-state index in [1.807, 2.05) is 19.1 Å². The summed E-state index contributed by atoms with van der Waals surface area (Å²) in [6, 6.07) is 12.0. The number of benzene rings is 2. The number of anilines is 3. The fourth-order valence-electron chi connectivity index (χ4n) is 1.62. The van der Waals surface area contributed by atoms with Crippen LogP contribution in [0, 0.1) is 17.0 Å². The maximum absolute atomic E-state index is 10.6. The zero-order valence-corrected chi connectivity index (χ0v) is 9.88. The summed E-state index contributed by atoms with van der Waals surface area (Å²) in [5.74, 6) is 0. The third-order valence-corrected chi connectivity index (χ3v) is 2.61. The lowest BCUT2D eigenvalue weighted by atomic mass is 10.1. The lowest BCUT2D eigenvalue weighted by Crippen LogP contribution is -1.95. The Labute approximate surface area is 104 Å². The highest BCUT2D eigenvalue weighted by molar-refractivity contribution is 5.66. The van der Waals surface area contributed by atoms with Crippen LogP contribution in [0.2, 0.25) is 0 Å². The van der Waals surface area contributed by atoms with Gasteiger partial charge in [0.2, 0.25) is 0 Å². The Kier molecular flexibility index (Phi) is 3.14. The lowest BCUT2D eigenvalue weighted by Gasteiger charge is -2.09. The third-order valence-electron chi connectivity index (χ3n) is 2.61. The van der Waals surface area contributed by atoms with Gasteiger partial charge in [0.25, 0.3) is 5.69 Å². The zero-order chi connectivity index (χ0) is 13.1. The summed E-state index contributed by atoms with van der Waals surface area (Å²) in [5.41, 5.74) is 8.94. The van der Waals surface area contributed by atoms with Crippen LogP contribution in [0.25, 0.3) is 0 Å². The highest BCUT2D eigenvalue weighted by Crippen LogP contribution is 2.24. The summed E-state index contributed by atoms with van der Waals surface area (Å²) in [6.07, 6.45) is 0. The molecule has 5 nitrogen and oxygen atoms in total. The monoisotopic (exact) mass is 243 g/mol. The van der Waals surface area contributed by atoms with Gasteiger partial charge in [-0.2, -0.15) is 0 Å². The minimum absolute atomic E-state index is 0.0929. The van der Waals surface area contributed by atoms with E-state index in [4.69, 9.17) is 5.73 Å². The summed E-state index contributed by atoms with van der Waals surface area (Å²) in [5, 5.41) is 13.8. The van der Waals surface area contributed by atoms with Crippen molar-refractivity contribution in [3.63, 3.8) is 0 Å². The average Bonchev–Trinajstić information content (AvgIpc) is 2.34. The van der Waals surface area contributed by atoms with Crippen LogP contribution in [0.1, 0.15) is 5.56 Å². The Bertz CT molecular complexity index is 579. The molecule has 2 aromatic rings. The fourth-order valence-corrected chi connectivity index (χ4v) is 1.62. The maximum Gasteiger partial charge on any atom is 0.269 e. The van der Waals surface area contributed by atoms with E-state index >= 15 is 0 Å². The van der Waals surface area contributed by atoms with Crippen molar-refractivity contribution in [3.8, 4) is 0 Å². The number of nitrogens with zero attached hydrogens (tertiary/aromatic N) is 1. The zero-order valence-electron chi connectivity index (χ0n) is 9.88. The van der Waals surface area contributed by atoms with Gasteiger partial charge in [0.15, 0.2) is 0 Å². The second kappa shape index (κ2) is 4.75. The maximum atomic E-state index is 10.6. The van der Waals surface area contributed by atoms with E-state index < -0.39 is 4.92 Å². The van der Waals surface area contributed by atoms with Crippen molar-refractivity contribution < 1.29 is 4.92 Å². The molecule has 0 amide bonds. The Morgan fingerprint density at radius 1 is 1.17 bits per heavy atom. The van der Waals surface area contributed by atoms with E-state index in [1.54, 1.807) is 24.3 Å². The molecule has 0 saturated carbocycles. The van der Waals surface area contributed by atoms with Gasteiger partial charge in [-0.25, -0.2) is 0 Å². The van der Waals surface area contributed by atoms with E-state index in [0.717, 1.165) is 16.9 Å². The van der Waals surface area contributed by atoms with E-state index in [1.165, 1.54) is 6.07 Å². The number of nitrogen functional groups attached to an aromatic ring is 1. The number of aryl methyl sites for hydroxylation is 1. The molecule has 18 heavy (non-hydrogen) atoms. The molecule has 0 fully saturated rings. The average molecular weight is 243 g/mol. The first-order valence-electron chi connectivity index (χ1n) is 5.44. The Morgan fingerprint density at radius 2 is 1.83 bits per heavy atom. The Balaban J connectivity index is 2.24. The van der Waals surface area contributed by atoms with Gasteiger partial charge in [-0.1, -0.05) is 0 Å². The minimum Gasteiger partial charge on any atom is -0.399 e. The number of nitro groups is 1. The molecule has 3 N–H and O–H groups in total. The van der Waals surface area contributed by atoms with Crippen molar-refractivity contribution >= 4 is 22.7 Å². The second-order valence-electron chi connectivity index (χ2n) is 4.00. The van der Waals surface area contributed by atoms with Crippen LogP contribution in [0.4, 0.5) is 22.7 Å². The van der Waals surface area contributed by atoms with Crippen LogP contribution in [0.3, 0.4) is 0 Å². The SMILES string of the molecule is Cc1cc([N+](=O)[O-])ccc1Nc1ccc(N)cc1. The van der Waals surface area contributed by atoms with Gasteiger partial charge in [-0.3, -0.25) is 10.1 Å². The lowest BCUT2D eigenvalue weighted by molar-refractivity contribution is -0.384. The minimum atomic E-state index is -0.403. The molecule has 0 bridgehead atoms. The van der Waals surface area contributed by atoms with E-state index in [0.29, 0.717) is 5.69 Å². The summed E-state index contributed by atoms with van der Waals surface area (Å²) in [6.45, 7) is 1.83. The molecular weight excluding hydrogens is 230 g/mol. The number of nitrogens with two attached hydrogens (primary N) is 1. The molecule has 0 unspecified atom stereocenters. The summed E-state index contributed by atoms with van der Waals surface area (Å²) in [7, 11) is 0. The van der Waals surface area contributed by atoms with Crippen LogP contribution < -0.4 is 11.1 Å². The first-order valence-corrected chi connectivity index (χ1v) is 5.44. The molecule has 0 aliphatic rings. The van der Waals surface area contributed by atoms with Gasteiger partial charge in [0.05, 0.1) is 4.92 Å². The second-order valence-corrected chi connectivity index (χ2v) is 4.00. The first kappa shape index (κ1) is 11.9. The molecule has 0 aliphatic heterocycles. The van der Waals surface area contributed by atoms with Crippen molar-refractivity contribution in [1.82, 2.24) is 0 Å².